The Morgan fingerprint density at radius 3 is 2.24 bits per heavy atom. The van der Waals surface area contributed by atoms with Crippen LogP contribution in [-0.2, 0) is 0 Å². The lowest BCUT2D eigenvalue weighted by Gasteiger charge is -2.35. The summed E-state index contributed by atoms with van der Waals surface area (Å²) in [4.78, 5) is 16.7. The summed E-state index contributed by atoms with van der Waals surface area (Å²) >= 11 is 0. The number of nitrogens with one attached hydrogen (secondary N) is 1. The number of rotatable bonds is 4. The molecule has 6 heteroatoms. The molecule has 34 heavy (non-hydrogen) atoms. The molecule has 1 saturated heterocycles. The molecule has 0 bridgehead atoms. The average Bonchev–Trinajstić information content (AvgIpc) is 2.89. The van der Waals surface area contributed by atoms with Gasteiger partial charge in [-0.3, -0.25) is 0 Å². The number of aromatic nitrogens is 2. The number of nitrogens with zero attached hydrogens (tertiary/aromatic N) is 4. The number of carbonyl (C=O) groups is 1. The van der Waals surface area contributed by atoms with Crippen LogP contribution in [0.1, 0.15) is 25.3 Å². The van der Waals surface area contributed by atoms with Gasteiger partial charge in [0.05, 0.1) is 5.69 Å². The third-order valence-corrected chi connectivity index (χ3v) is 6.42. The molecule has 1 aliphatic rings. The van der Waals surface area contributed by atoms with E-state index in [2.05, 4.69) is 76.7 Å². The Kier molecular flexibility index (Phi) is 6.12. The quantitative estimate of drug-likeness (QED) is 0.428. The number of hydrogen-bond acceptors (Lipinski definition) is 4. The molecular formula is C28H29N5O. The monoisotopic (exact) mass is 451 g/mol. The van der Waals surface area contributed by atoms with Gasteiger partial charge in [-0.05, 0) is 52.6 Å². The van der Waals surface area contributed by atoms with E-state index in [1.54, 1.807) is 0 Å². The first-order chi connectivity index (χ1) is 16.6. The van der Waals surface area contributed by atoms with Gasteiger partial charge in [0.15, 0.2) is 5.82 Å². The second kappa shape index (κ2) is 9.51. The highest BCUT2D eigenvalue weighted by Gasteiger charge is 2.22. The van der Waals surface area contributed by atoms with Crippen molar-refractivity contribution in [2.75, 3.05) is 36.4 Å². The highest BCUT2D eigenvalue weighted by atomic mass is 16.2. The molecule has 0 saturated carbocycles. The Labute approximate surface area is 200 Å². The smallest absolute Gasteiger partial charge is 0.321 e. The normalized spacial score (nSPS) is 14.0. The molecule has 6 nitrogen and oxygen atoms in total. The molecule has 0 spiro atoms. The summed E-state index contributed by atoms with van der Waals surface area (Å²) in [6.07, 6.45) is 0. The molecule has 1 fully saturated rings. The van der Waals surface area contributed by atoms with Crippen molar-refractivity contribution in [3.05, 3.63) is 84.4 Å². The first-order valence-electron chi connectivity index (χ1n) is 11.8. The summed E-state index contributed by atoms with van der Waals surface area (Å²) in [6.45, 7) is 7.06. The second-order valence-corrected chi connectivity index (χ2v) is 9.02. The summed E-state index contributed by atoms with van der Waals surface area (Å²) < 4.78 is 0. The Hall–Kier alpha value is -3.93. The molecule has 3 aromatic carbocycles. The number of piperazine rings is 1. The van der Waals surface area contributed by atoms with Crippen molar-refractivity contribution in [2.24, 2.45) is 0 Å². The molecule has 2 amide bonds. The second-order valence-electron chi connectivity index (χ2n) is 9.02. The van der Waals surface area contributed by atoms with Gasteiger partial charge in [0.25, 0.3) is 0 Å². The lowest BCUT2D eigenvalue weighted by atomic mass is 10.0. The summed E-state index contributed by atoms with van der Waals surface area (Å²) in [5.41, 5.74) is 4.00. The predicted octanol–water partition coefficient (Wildman–Crippen LogP) is 5.77. The van der Waals surface area contributed by atoms with E-state index in [-0.39, 0.29) is 6.03 Å². The predicted molar refractivity (Wildman–Crippen MR) is 138 cm³/mol. The lowest BCUT2D eigenvalue weighted by Crippen LogP contribution is -2.50. The maximum Gasteiger partial charge on any atom is 0.321 e. The first-order valence-corrected chi connectivity index (χ1v) is 11.8. The molecule has 0 aliphatic carbocycles. The summed E-state index contributed by atoms with van der Waals surface area (Å²) in [7, 11) is 0. The van der Waals surface area contributed by atoms with Crippen molar-refractivity contribution in [3.8, 4) is 11.3 Å². The number of urea groups is 1. The molecule has 0 radical (unpaired) electrons. The highest BCUT2D eigenvalue weighted by Crippen LogP contribution is 2.24. The molecular weight excluding hydrogens is 422 g/mol. The zero-order valence-corrected chi connectivity index (χ0v) is 19.6. The van der Waals surface area contributed by atoms with Gasteiger partial charge in [0.1, 0.15) is 0 Å². The van der Waals surface area contributed by atoms with Crippen molar-refractivity contribution < 1.29 is 4.79 Å². The lowest BCUT2D eigenvalue weighted by molar-refractivity contribution is 0.208. The van der Waals surface area contributed by atoms with Crippen LogP contribution >= 0.6 is 0 Å². The van der Waals surface area contributed by atoms with Crippen molar-refractivity contribution in [1.82, 2.24) is 15.1 Å². The third kappa shape index (κ3) is 4.71. The van der Waals surface area contributed by atoms with Gasteiger partial charge in [-0.1, -0.05) is 62.4 Å². The minimum absolute atomic E-state index is 0.0605. The molecule has 5 rings (SSSR count). The summed E-state index contributed by atoms with van der Waals surface area (Å²) in [5.74, 6) is 1.32. The van der Waals surface area contributed by atoms with Crippen LogP contribution in [0.15, 0.2) is 78.9 Å². The third-order valence-electron chi connectivity index (χ3n) is 6.42. The maximum atomic E-state index is 12.7. The average molecular weight is 452 g/mol. The maximum absolute atomic E-state index is 12.7. The Morgan fingerprint density at radius 2 is 1.56 bits per heavy atom. The van der Waals surface area contributed by atoms with Gasteiger partial charge in [0.2, 0.25) is 0 Å². The minimum atomic E-state index is -0.0605. The van der Waals surface area contributed by atoms with Crippen molar-refractivity contribution in [1.29, 1.82) is 0 Å². The molecule has 1 aromatic heterocycles. The Bertz CT molecular complexity index is 1280. The molecule has 1 N–H and O–H groups in total. The fourth-order valence-corrected chi connectivity index (χ4v) is 4.29. The van der Waals surface area contributed by atoms with Crippen LogP contribution in [0.3, 0.4) is 0 Å². The molecule has 1 aliphatic heterocycles. The molecule has 0 unspecified atom stereocenters. The minimum Gasteiger partial charge on any atom is -0.352 e. The Morgan fingerprint density at radius 1 is 0.824 bits per heavy atom. The number of fused-ring (bicyclic) bond motifs is 1. The van der Waals surface area contributed by atoms with Gasteiger partial charge >= 0.3 is 6.03 Å². The van der Waals surface area contributed by atoms with E-state index < -0.39 is 0 Å². The van der Waals surface area contributed by atoms with E-state index in [9.17, 15) is 4.79 Å². The Balaban J connectivity index is 1.18. The zero-order valence-electron chi connectivity index (χ0n) is 19.6. The highest BCUT2D eigenvalue weighted by molar-refractivity contribution is 5.89. The van der Waals surface area contributed by atoms with Crippen LogP contribution in [0.4, 0.5) is 16.3 Å². The largest absolute Gasteiger partial charge is 0.352 e. The van der Waals surface area contributed by atoms with Crippen molar-refractivity contribution in [3.63, 3.8) is 0 Å². The number of hydrogen-bond donors (Lipinski definition) is 1. The molecule has 2 heterocycles. The van der Waals surface area contributed by atoms with E-state index in [1.807, 2.05) is 41.3 Å². The van der Waals surface area contributed by atoms with Gasteiger partial charge in [-0.2, -0.15) is 0 Å². The van der Waals surface area contributed by atoms with Crippen LogP contribution in [0, 0.1) is 0 Å². The van der Waals surface area contributed by atoms with E-state index in [1.165, 1.54) is 16.3 Å². The molecule has 4 aromatic rings. The van der Waals surface area contributed by atoms with Gasteiger partial charge < -0.3 is 15.1 Å². The van der Waals surface area contributed by atoms with E-state index in [0.29, 0.717) is 19.0 Å². The van der Waals surface area contributed by atoms with Crippen LogP contribution in [0.25, 0.3) is 22.0 Å². The molecule has 172 valence electrons. The van der Waals surface area contributed by atoms with Gasteiger partial charge in [-0.25, -0.2) is 4.79 Å². The SMILES string of the molecule is CC(C)c1ccc(NC(=O)N2CCN(c3ccc(-c4ccc5ccccc5c4)nn3)CC2)cc1. The fraction of sp³-hybridized carbons (Fsp3) is 0.250. The van der Waals surface area contributed by atoms with Crippen LogP contribution < -0.4 is 10.2 Å². The fourth-order valence-electron chi connectivity index (χ4n) is 4.29. The van der Waals surface area contributed by atoms with Crippen LogP contribution in [0.2, 0.25) is 0 Å². The zero-order chi connectivity index (χ0) is 23.5. The van der Waals surface area contributed by atoms with Gasteiger partial charge in [0, 0.05) is 37.4 Å². The standard InChI is InChI=1S/C28H29N5O/c1-20(2)21-9-11-25(12-10-21)29-28(34)33-17-15-32(16-18-33)27-14-13-26(30-31-27)24-8-7-22-5-3-4-6-23(22)19-24/h3-14,19-20H,15-18H2,1-2H3,(H,29,34). The van der Waals surface area contributed by atoms with Crippen molar-refractivity contribution >= 4 is 28.3 Å². The van der Waals surface area contributed by atoms with Crippen molar-refractivity contribution in [2.45, 2.75) is 19.8 Å². The van der Waals surface area contributed by atoms with Crippen LogP contribution in [0.5, 0.6) is 0 Å². The number of anilines is 2. The first kappa shape index (κ1) is 21.9. The summed E-state index contributed by atoms with van der Waals surface area (Å²) in [5, 5.41) is 14.4. The van der Waals surface area contributed by atoms with E-state index in [4.69, 9.17) is 0 Å². The van der Waals surface area contributed by atoms with E-state index >= 15 is 0 Å². The van der Waals surface area contributed by atoms with Crippen LogP contribution in [-0.4, -0.2) is 47.3 Å². The van der Waals surface area contributed by atoms with Gasteiger partial charge in [-0.15, -0.1) is 10.2 Å². The topological polar surface area (TPSA) is 61.4 Å². The summed E-state index contributed by atoms with van der Waals surface area (Å²) in [6, 6.07) is 26.7. The number of carbonyl (C=O) groups excluding carboxylic acids is 1. The van der Waals surface area contributed by atoms with E-state index in [0.717, 1.165) is 35.9 Å². The molecule has 0 atom stereocenters. The number of benzene rings is 3. The number of amides is 2.